The van der Waals surface area contributed by atoms with E-state index in [9.17, 15) is 4.79 Å². The number of quaternary nitrogens is 1. The Morgan fingerprint density at radius 2 is 2.19 bits per heavy atom. The summed E-state index contributed by atoms with van der Waals surface area (Å²) in [5, 5.41) is 0. The fraction of sp³-hybridized carbons (Fsp3) is 0.600. The lowest BCUT2D eigenvalue weighted by atomic mass is 10.1. The minimum Gasteiger partial charge on any atom is -0.215 e. The Hall–Kier alpha value is -0.580. The van der Waals surface area contributed by atoms with Crippen LogP contribution in [0.3, 0.4) is 0 Å². The molecule has 0 aromatic carbocycles. The smallest absolute Gasteiger partial charge is 0.215 e. The van der Waals surface area contributed by atoms with Gasteiger partial charge in [0.1, 0.15) is 6.20 Å². The van der Waals surface area contributed by atoms with Gasteiger partial charge in [-0.2, -0.15) is 3.94 Å². The number of hydrogen-bond donors (Lipinski definition) is 0. The summed E-state index contributed by atoms with van der Waals surface area (Å²) in [4.78, 5) is 15.7. The van der Waals surface area contributed by atoms with Crippen molar-refractivity contribution in [2.24, 2.45) is 10.9 Å². The maximum atomic E-state index is 11.9. The molecule has 0 N–H and O–H groups in total. The number of rotatable bonds is 3. The number of amides is 2. The van der Waals surface area contributed by atoms with Crippen molar-refractivity contribution in [1.29, 1.82) is 0 Å². The molecule has 0 aliphatic carbocycles. The summed E-state index contributed by atoms with van der Waals surface area (Å²) in [6.07, 6.45) is 4.46. The van der Waals surface area contributed by atoms with E-state index in [4.69, 9.17) is 23.6 Å². The number of carbonyl (C=O) groups is 1. The van der Waals surface area contributed by atoms with E-state index in [1.165, 1.54) is 0 Å². The number of aliphatic imine (C=N–C) groups is 1. The summed E-state index contributed by atoms with van der Waals surface area (Å²) < 4.78 is 0.960. The highest BCUT2D eigenvalue weighted by Gasteiger charge is 2.34. The summed E-state index contributed by atoms with van der Waals surface area (Å²) >= 11 is 11.0. The summed E-state index contributed by atoms with van der Waals surface area (Å²) in [5.41, 5.74) is 0. The quantitative estimate of drug-likeness (QED) is 0.580. The van der Waals surface area contributed by atoms with Crippen molar-refractivity contribution in [1.82, 2.24) is 3.94 Å². The molecule has 2 amide bonds. The number of hydrogen-bond acceptors (Lipinski definition) is 2. The Morgan fingerprint density at radius 1 is 1.56 bits per heavy atom. The molecule has 0 fully saturated rings. The fourth-order valence-corrected chi connectivity index (χ4v) is 1.74. The lowest BCUT2D eigenvalue weighted by molar-refractivity contribution is -0.779. The Labute approximate surface area is 106 Å². The van der Waals surface area contributed by atoms with Gasteiger partial charge in [-0.3, -0.25) is 0 Å². The Kier molecular flexibility index (Phi) is 4.35. The predicted molar refractivity (Wildman–Crippen MR) is 66.0 cm³/mol. The van der Waals surface area contributed by atoms with E-state index in [1.54, 1.807) is 12.3 Å². The first kappa shape index (κ1) is 13.5. The van der Waals surface area contributed by atoms with E-state index in [0.29, 0.717) is 5.92 Å². The SMILES string of the molecule is CCC(C)C[N+]1(C)C=CC(N(Cl)Cl)=NC1=O. The molecule has 0 aromatic heterocycles. The van der Waals surface area contributed by atoms with E-state index >= 15 is 0 Å². The third-order valence-corrected chi connectivity index (χ3v) is 3.11. The molecule has 4 nitrogen and oxygen atoms in total. The second-order valence-electron chi connectivity index (χ2n) is 4.27. The summed E-state index contributed by atoms with van der Waals surface area (Å²) in [6.45, 7) is 4.94. The van der Waals surface area contributed by atoms with Crippen LogP contribution in [0, 0.1) is 5.92 Å². The highest BCUT2D eigenvalue weighted by Crippen LogP contribution is 2.19. The molecule has 1 heterocycles. The van der Waals surface area contributed by atoms with Gasteiger partial charge in [0.05, 0.1) is 13.6 Å². The zero-order valence-corrected chi connectivity index (χ0v) is 11.2. The van der Waals surface area contributed by atoms with E-state index in [-0.39, 0.29) is 16.3 Å². The molecule has 0 aromatic rings. The molecule has 16 heavy (non-hydrogen) atoms. The van der Waals surface area contributed by atoms with Gasteiger partial charge in [-0.15, -0.1) is 4.99 Å². The Morgan fingerprint density at radius 3 is 2.62 bits per heavy atom. The highest BCUT2D eigenvalue weighted by molar-refractivity contribution is 6.43. The molecule has 6 heteroatoms. The molecule has 1 aliphatic heterocycles. The minimum atomic E-state index is -0.246. The molecule has 2 atom stereocenters. The largest absolute Gasteiger partial charge is 0.449 e. The topological polar surface area (TPSA) is 32.7 Å². The predicted octanol–water partition coefficient (Wildman–Crippen LogP) is 3.13. The van der Waals surface area contributed by atoms with Gasteiger partial charge in [0.25, 0.3) is 0 Å². The number of amidine groups is 1. The molecule has 0 radical (unpaired) electrons. The van der Waals surface area contributed by atoms with Crippen molar-refractivity contribution < 1.29 is 9.28 Å². The first-order chi connectivity index (χ1) is 7.39. The molecule has 2 unspecified atom stereocenters. The van der Waals surface area contributed by atoms with Gasteiger partial charge >= 0.3 is 6.03 Å². The highest BCUT2D eigenvalue weighted by atomic mass is 35.5. The van der Waals surface area contributed by atoms with Crippen molar-refractivity contribution in [3.8, 4) is 0 Å². The number of carbonyl (C=O) groups excluding carboxylic acids is 1. The zero-order chi connectivity index (χ0) is 12.3. The van der Waals surface area contributed by atoms with Gasteiger partial charge in [0.2, 0.25) is 0 Å². The van der Waals surface area contributed by atoms with Gasteiger partial charge in [0.15, 0.2) is 5.84 Å². The van der Waals surface area contributed by atoms with Crippen LogP contribution in [0.1, 0.15) is 20.3 Å². The first-order valence-corrected chi connectivity index (χ1v) is 5.86. The Balaban J connectivity index is 2.81. The number of urea groups is 1. The van der Waals surface area contributed by atoms with Crippen LogP contribution in [0.4, 0.5) is 4.79 Å². The second-order valence-corrected chi connectivity index (χ2v) is 5.11. The second kappa shape index (κ2) is 5.17. The molecule has 1 aliphatic rings. The van der Waals surface area contributed by atoms with Crippen molar-refractivity contribution in [2.45, 2.75) is 20.3 Å². The van der Waals surface area contributed by atoms with Crippen LogP contribution in [0.15, 0.2) is 17.3 Å². The summed E-state index contributed by atoms with van der Waals surface area (Å²) in [6, 6.07) is -0.246. The molecule has 0 saturated heterocycles. The molecule has 1 rings (SSSR count). The number of halogens is 2. The third kappa shape index (κ3) is 2.97. The van der Waals surface area contributed by atoms with E-state index < -0.39 is 0 Å². The monoisotopic (exact) mass is 264 g/mol. The molecule has 0 bridgehead atoms. The average molecular weight is 265 g/mol. The fourth-order valence-electron chi connectivity index (χ4n) is 1.55. The standard InChI is InChI=1S/C10H16Cl2N3O/c1-4-8(2)7-15(3)6-5-9(14(11)12)13-10(15)16/h5-6,8H,4,7H2,1-3H3/q+1. The van der Waals surface area contributed by atoms with Crippen molar-refractivity contribution in [3.05, 3.63) is 12.3 Å². The van der Waals surface area contributed by atoms with Gasteiger partial charge in [-0.05, 0) is 6.42 Å². The van der Waals surface area contributed by atoms with E-state index in [0.717, 1.165) is 16.9 Å². The first-order valence-electron chi connectivity index (χ1n) is 5.18. The van der Waals surface area contributed by atoms with Crippen LogP contribution >= 0.6 is 23.6 Å². The maximum Gasteiger partial charge on any atom is 0.449 e. The average Bonchev–Trinajstić information content (AvgIpc) is 2.21. The normalized spacial score (nSPS) is 26.6. The van der Waals surface area contributed by atoms with Crippen LogP contribution in [0.2, 0.25) is 0 Å². The third-order valence-electron chi connectivity index (χ3n) is 2.76. The van der Waals surface area contributed by atoms with Crippen LogP contribution < -0.4 is 0 Å². The van der Waals surface area contributed by atoms with E-state index in [2.05, 4.69) is 18.8 Å². The number of nitrogens with zero attached hydrogens (tertiary/aromatic N) is 3. The van der Waals surface area contributed by atoms with Gasteiger partial charge in [-0.25, -0.2) is 9.28 Å². The van der Waals surface area contributed by atoms with E-state index in [1.807, 2.05) is 7.05 Å². The minimum absolute atomic E-state index is 0.167. The van der Waals surface area contributed by atoms with Gasteiger partial charge in [-0.1, -0.05) is 13.8 Å². The van der Waals surface area contributed by atoms with Crippen molar-refractivity contribution in [2.75, 3.05) is 13.6 Å². The lowest BCUT2D eigenvalue weighted by Crippen LogP contribution is -2.47. The van der Waals surface area contributed by atoms with Crippen LogP contribution in [0.5, 0.6) is 0 Å². The molecular weight excluding hydrogens is 249 g/mol. The van der Waals surface area contributed by atoms with Gasteiger partial charge < -0.3 is 0 Å². The van der Waals surface area contributed by atoms with Crippen molar-refractivity contribution in [3.63, 3.8) is 0 Å². The van der Waals surface area contributed by atoms with Crippen LogP contribution in [-0.2, 0) is 0 Å². The van der Waals surface area contributed by atoms with Crippen molar-refractivity contribution >= 4 is 35.4 Å². The molecule has 0 saturated carbocycles. The van der Waals surface area contributed by atoms with Crippen LogP contribution in [-0.4, -0.2) is 33.9 Å². The maximum absolute atomic E-state index is 11.9. The van der Waals surface area contributed by atoms with Gasteiger partial charge in [0, 0.05) is 35.5 Å². The lowest BCUT2D eigenvalue weighted by Gasteiger charge is -2.29. The zero-order valence-electron chi connectivity index (χ0n) is 9.65. The summed E-state index contributed by atoms with van der Waals surface area (Å²) in [7, 11) is 1.83. The molecule has 0 spiro atoms. The van der Waals surface area contributed by atoms with Crippen LogP contribution in [0.25, 0.3) is 0 Å². The molecular formula is C10H16Cl2N3O+. The molecule has 90 valence electrons. The Bertz CT molecular complexity index is 341. The summed E-state index contributed by atoms with van der Waals surface area (Å²) in [5.74, 6) is 0.714.